The van der Waals surface area contributed by atoms with Crippen molar-refractivity contribution in [3.63, 3.8) is 0 Å². The number of para-hydroxylation sites is 2. The average Bonchev–Trinajstić information content (AvgIpc) is 3.33. The minimum atomic E-state index is -0.724. The second-order valence-corrected chi connectivity index (χ2v) is 8.10. The van der Waals surface area contributed by atoms with Crippen LogP contribution >= 0.6 is 0 Å². The van der Waals surface area contributed by atoms with E-state index in [0.29, 0.717) is 47.0 Å². The molecule has 1 aliphatic carbocycles. The molecule has 0 saturated heterocycles. The standard InChI is InChI=1S/C26H25N3O5/c1-32-16-12-13-18(23(15-16)33-2)28-26(31)29-20-9-4-3-7-17(20)27-19-8-5-10-21(30)24(19)25(29)22-11-6-14-34-22/h3-4,6-7,9,11-15,25,27H,5,8,10H2,1-2H3,(H,28,31)/t25-/m0/s1. The second-order valence-electron chi connectivity index (χ2n) is 8.10. The summed E-state index contributed by atoms with van der Waals surface area (Å²) >= 11 is 0. The lowest BCUT2D eigenvalue weighted by molar-refractivity contribution is -0.116. The van der Waals surface area contributed by atoms with E-state index in [-0.39, 0.29) is 5.78 Å². The molecule has 0 unspecified atom stereocenters. The summed E-state index contributed by atoms with van der Waals surface area (Å²) in [7, 11) is 3.09. The quantitative estimate of drug-likeness (QED) is 0.535. The molecule has 2 heterocycles. The molecule has 1 atom stereocenters. The molecule has 1 aromatic heterocycles. The molecule has 2 aliphatic rings. The van der Waals surface area contributed by atoms with Crippen molar-refractivity contribution < 1.29 is 23.5 Å². The molecule has 0 bridgehead atoms. The topological polar surface area (TPSA) is 93.0 Å². The van der Waals surface area contributed by atoms with Crippen molar-refractivity contribution in [1.82, 2.24) is 0 Å². The highest BCUT2D eigenvalue weighted by atomic mass is 16.5. The van der Waals surface area contributed by atoms with Gasteiger partial charge in [-0.25, -0.2) is 4.79 Å². The highest BCUT2D eigenvalue weighted by Crippen LogP contribution is 2.45. The number of benzene rings is 2. The molecule has 0 spiro atoms. The van der Waals surface area contributed by atoms with Gasteiger partial charge < -0.3 is 24.5 Å². The first-order valence-electron chi connectivity index (χ1n) is 11.1. The van der Waals surface area contributed by atoms with E-state index < -0.39 is 12.1 Å². The third-order valence-electron chi connectivity index (χ3n) is 6.12. The van der Waals surface area contributed by atoms with Crippen molar-refractivity contribution in [3.8, 4) is 11.5 Å². The Morgan fingerprint density at radius 1 is 1.09 bits per heavy atom. The lowest BCUT2D eigenvalue weighted by atomic mass is 9.88. The molecule has 8 nitrogen and oxygen atoms in total. The van der Waals surface area contributed by atoms with Crippen molar-refractivity contribution in [1.29, 1.82) is 0 Å². The highest BCUT2D eigenvalue weighted by molar-refractivity contribution is 6.09. The molecule has 34 heavy (non-hydrogen) atoms. The Morgan fingerprint density at radius 3 is 2.71 bits per heavy atom. The number of furan rings is 1. The summed E-state index contributed by atoms with van der Waals surface area (Å²) in [4.78, 5) is 28.7. The zero-order valence-electron chi connectivity index (χ0n) is 19.0. The van der Waals surface area contributed by atoms with Gasteiger partial charge in [-0.3, -0.25) is 9.69 Å². The first kappa shape index (κ1) is 21.6. The number of ketones is 1. The van der Waals surface area contributed by atoms with E-state index in [0.717, 1.165) is 17.8 Å². The summed E-state index contributed by atoms with van der Waals surface area (Å²) in [5, 5.41) is 6.38. The third kappa shape index (κ3) is 3.77. The molecule has 1 aliphatic heterocycles. The number of urea groups is 1. The summed E-state index contributed by atoms with van der Waals surface area (Å²) in [5.41, 5.74) is 3.23. The molecular weight excluding hydrogens is 434 g/mol. The van der Waals surface area contributed by atoms with Gasteiger partial charge in [-0.2, -0.15) is 0 Å². The van der Waals surface area contributed by atoms with Gasteiger partial charge >= 0.3 is 6.03 Å². The Morgan fingerprint density at radius 2 is 1.94 bits per heavy atom. The smallest absolute Gasteiger partial charge is 0.327 e. The van der Waals surface area contributed by atoms with Gasteiger partial charge in [0.25, 0.3) is 0 Å². The molecule has 0 fully saturated rings. The first-order valence-corrected chi connectivity index (χ1v) is 11.1. The Kier molecular flexibility index (Phi) is 5.71. The molecule has 2 amide bonds. The summed E-state index contributed by atoms with van der Waals surface area (Å²) in [6.07, 6.45) is 3.45. The fourth-order valence-corrected chi connectivity index (χ4v) is 4.55. The Balaban J connectivity index is 1.64. The van der Waals surface area contributed by atoms with Crippen LogP contribution in [0.4, 0.5) is 21.9 Å². The number of nitrogens with one attached hydrogen (secondary N) is 2. The van der Waals surface area contributed by atoms with Crippen molar-refractivity contribution in [3.05, 3.63) is 77.9 Å². The van der Waals surface area contributed by atoms with Gasteiger partial charge in [0.2, 0.25) is 0 Å². The average molecular weight is 460 g/mol. The number of anilines is 3. The van der Waals surface area contributed by atoms with Gasteiger partial charge in [-0.1, -0.05) is 12.1 Å². The summed E-state index contributed by atoms with van der Waals surface area (Å²) in [6.45, 7) is 0. The maximum absolute atomic E-state index is 13.9. The molecule has 8 heteroatoms. The number of fused-ring (bicyclic) bond motifs is 1. The number of carbonyl (C=O) groups is 2. The molecule has 5 rings (SSSR count). The van der Waals surface area contributed by atoms with E-state index in [9.17, 15) is 9.59 Å². The van der Waals surface area contributed by atoms with E-state index in [4.69, 9.17) is 13.9 Å². The van der Waals surface area contributed by atoms with Crippen LogP contribution in [-0.4, -0.2) is 26.0 Å². The van der Waals surface area contributed by atoms with Crippen molar-refractivity contribution in [2.45, 2.75) is 25.3 Å². The molecule has 0 saturated carbocycles. The minimum Gasteiger partial charge on any atom is -0.497 e. The number of amides is 2. The normalized spacial score (nSPS) is 17.3. The van der Waals surface area contributed by atoms with Crippen molar-refractivity contribution in [2.75, 3.05) is 29.8 Å². The van der Waals surface area contributed by atoms with Crippen LogP contribution in [0.3, 0.4) is 0 Å². The van der Waals surface area contributed by atoms with Crippen LogP contribution in [-0.2, 0) is 4.79 Å². The van der Waals surface area contributed by atoms with Gasteiger partial charge in [0.05, 0.1) is 37.5 Å². The zero-order chi connectivity index (χ0) is 23.7. The number of ether oxygens (including phenoxy) is 2. The minimum absolute atomic E-state index is 0.00258. The maximum atomic E-state index is 13.9. The van der Waals surface area contributed by atoms with Crippen LogP contribution in [0.2, 0.25) is 0 Å². The van der Waals surface area contributed by atoms with Crippen molar-refractivity contribution in [2.24, 2.45) is 0 Å². The molecule has 0 radical (unpaired) electrons. The largest absolute Gasteiger partial charge is 0.497 e. The number of hydrogen-bond acceptors (Lipinski definition) is 6. The number of nitrogens with zero attached hydrogens (tertiary/aromatic N) is 1. The molecule has 3 aromatic rings. The third-order valence-corrected chi connectivity index (χ3v) is 6.12. The summed E-state index contributed by atoms with van der Waals surface area (Å²) < 4.78 is 16.5. The van der Waals surface area contributed by atoms with Gasteiger partial charge in [0.15, 0.2) is 5.78 Å². The van der Waals surface area contributed by atoms with Crippen LogP contribution in [0.5, 0.6) is 11.5 Å². The Hall–Kier alpha value is -4.20. The molecule has 2 N–H and O–H groups in total. The SMILES string of the molecule is COc1ccc(NC(=O)N2c3ccccc3NC3=C(C(=O)CCC3)[C@@H]2c2ccco2)c(OC)c1. The molecular formula is C26H25N3O5. The highest BCUT2D eigenvalue weighted by Gasteiger charge is 2.41. The van der Waals surface area contributed by atoms with Crippen LogP contribution in [0.15, 0.2) is 76.5 Å². The van der Waals surface area contributed by atoms with E-state index in [2.05, 4.69) is 10.6 Å². The monoisotopic (exact) mass is 459 g/mol. The number of allylic oxidation sites excluding steroid dienone is 1. The molecule has 2 aromatic carbocycles. The van der Waals surface area contributed by atoms with E-state index in [1.54, 1.807) is 48.6 Å². The van der Waals surface area contributed by atoms with Crippen LogP contribution in [0.25, 0.3) is 0 Å². The molecule has 174 valence electrons. The maximum Gasteiger partial charge on any atom is 0.327 e. The van der Waals surface area contributed by atoms with Gasteiger partial charge in [-0.15, -0.1) is 0 Å². The number of Topliss-reactive ketones (excluding diaryl/α,β-unsaturated/α-hetero) is 1. The van der Waals surface area contributed by atoms with Gasteiger partial charge in [-0.05, 0) is 49.2 Å². The van der Waals surface area contributed by atoms with Crippen LogP contribution in [0.1, 0.15) is 31.1 Å². The Labute approximate surface area is 197 Å². The van der Waals surface area contributed by atoms with Crippen LogP contribution < -0.4 is 25.0 Å². The van der Waals surface area contributed by atoms with Crippen molar-refractivity contribution >= 4 is 28.9 Å². The van der Waals surface area contributed by atoms with Crippen LogP contribution in [0, 0.1) is 0 Å². The number of hydrogen-bond donors (Lipinski definition) is 2. The second kappa shape index (κ2) is 8.97. The first-order chi connectivity index (χ1) is 16.6. The number of carbonyl (C=O) groups excluding carboxylic acids is 2. The van der Waals surface area contributed by atoms with E-state index >= 15 is 0 Å². The lowest BCUT2D eigenvalue weighted by Crippen LogP contribution is -2.40. The van der Waals surface area contributed by atoms with Gasteiger partial charge in [0, 0.05) is 23.8 Å². The fourth-order valence-electron chi connectivity index (χ4n) is 4.55. The Bertz CT molecular complexity index is 1270. The lowest BCUT2D eigenvalue weighted by Gasteiger charge is -2.32. The van der Waals surface area contributed by atoms with Gasteiger partial charge in [0.1, 0.15) is 23.3 Å². The predicted octanol–water partition coefficient (Wildman–Crippen LogP) is 5.51. The zero-order valence-corrected chi connectivity index (χ0v) is 19.0. The number of rotatable bonds is 4. The summed E-state index contributed by atoms with van der Waals surface area (Å²) in [6, 6.07) is 15.1. The fraction of sp³-hybridized carbons (Fsp3) is 0.231. The predicted molar refractivity (Wildman–Crippen MR) is 128 cm³/mol. The van der Waals surface area contributed by atoms with E-state index in [1.807, 2.05) is 24.3 Å². The number of methoxy groups -OCH3 is 2. The van der Waals surface area contributed by atoms with E-state index in [1.165, 1.54) is 7.11 Å². The summed E-state index contributed by atoms with van der Waals surface area (Å²) in [5.74, 6) is 1.58.